The smallest absolute Gasteiger partial charge is 0.228 e. The molecule has 0 spiro atoms. The van der Waals surface area contributed by atoms with Gasteiger partial charge in [-0.15, -0.1) is 0 Å². The first-order valence-electron chi connectivity index (χ1n) is 4.51. The van der Waals surface area contributed by atoms with Crippen molar-refractivity contribution in [1.29, 1.82) is 0 Å². The Morgan fingerprint density at radius 3 is 3.00 bits per heavy atom. The molecule has 0 radical (unpaired) electrons. The van der Waals surface area contributed by atoms with Crippen molar-refractivity contribution in [3.63, 3.8) is 0 Å². The predicted octanol–water partition coefficient (Wildman–Crippen LogP) is -0.151. The summed E-state index contributed by atoms with van der Waals surface area (Å²) in [6.45, 7) is 2.42. The van der Waals surface area contributed by atoms with Crippen molar-refractivity contribution in [2.75, 3.05) is 11.4 Å². The second kappa shape index (κ2) is 3.34. The van der Waals surface area contributed by atoms with Gasteiger partial charge in [0.05, 0.1) is 17.6 Å². The Hall–Kier alpha value is -1.49. The number of amides is 1. The van der Waals surface area contributed by atoms with Gasteiger partial charge in [-0.25, -0.2) is 9.97 Å². The molecule has 2 heterocycles. The van der Waals surface area contributed by atoms with Crippen LogP contribution in [0.5, 0.6) is 0 Å². The molecule has 0 aromatic carbocycles. The van der Waals surface area contributed by atoms with Gasteiger partial charge in [-0.3, -0.25) is 4.79 Å². The van der Waals surface area contributed by atoms with Gasteiger partial charge in [0.25, 0.3) is 0 Å². The summed E-state index contributed by atoms with van der Waals surface area (Å²) in [4.78, 5) is 21.1. The lowest BCUT2D eigenvalue weighted by Gasteiger charge is -2.16. The molecule has 2 N–H and O–H groups in total. The molecule has 1 aromatic rings. The number of hydrogen-bond acceptors (Lipinski definition) is 4. The predicted molar refractivity (Wildman–Crippen MR) is 51.7 cm³/mol. The van der Waals surface area contributed by atoms with Gasteiger partial charge in [-0.1, -0.05) is 0 Å². The minimum Gasteiger partial charge on any atom is -0.326 e. The second-order valence-corrected chi connectivity index (χ2v) is 3.46. The third kappa shape index (κ3) is 1.46. The molecule has 1 saturated heterocycles. The summed E-state index contributed by atoms with van der Waals surface area (Å²) in [5.41, 5.74) is 7.28. The van der Waals surface area contributed by atoms with E-state index >= 15 is 0 Å². The molecule has 5 heteroatoms. The van der Waals surface area contributed by atoms with E-state index < -0.39 is 0 Å². The average molecular weight is 192 g/mol. The van der Waals surface area contributed by atoms with Gasteiger partial charge in [-0.2, -0.15) is 0 Å². The summed E-state index contributed by atoms with van der Waals surface area (Å²) >= 11 is 0. The SMILES string of the molecule is Cc1ncncc1N1CC(N)CC1=O. The topological polar surface area (TPSA) is 72.1 Å². The van der Waals surface area contributed by atoms with Gasteiger partial charge in [0, 0.05) is 19.0 Å². The van der Waals surface area contributed by atoms with E-state index in [4.69, 9.17) is 5.73 Å². The lowest BCUT2D eigenvalue weighted by Crippen LogP contribution is -2.28. The van der Waals surface area contributed by atoms with Crippen molar-refractivity contribution in [2.24, 2.45) is 5.73 Å². The maximum atomic E-state index is 11.5. The molecule has 0 bridgehead atoms. The van der Waals surface area contributed by atoms with E-state index in [2.05, 4.69) is 9.97 Å². The molecule has 1 amide bonds. The third-order valence-corrected chi connectivity index (χ3v) is 2.33. The number of nitrogens with zero attached hydrogens (tertiary/aromatic N) is 3. The lowest BCUT2D eigenvalue weighted by atomic mass is 10.3. The first-order chi connectivity index (χ1) is 6.68. The normalized spacial score (nSPS) is 21.7. The molecule has 1 aromatic heterocycles. The third-order valence-electron chi connectivity index (χ3n) is 2.33. The molecule has 0 saturated carbocycles. The summed E-state index contributed by atoms with van der Waals surface area (Å²) in [5.74, 6) is 0.0513. The highest BCUT2D eigenvalue weighted by molar-refractivity contribution is 5.96. The zero-order valence-corrected chi connectivity index (χ0v) is 7.97. The first kappa shape index (κ1) is 9.08. The molecule has 1 unspecified atom stereocenters. The van der Waals surface area contributed by atoms with E-state index in [-0.39, 0.29) is 11.9 Å². The van der Waals surface area contributed by atoms with Crippen LogP contribution in [0.2, 0.25) is 0 Å². The number of aromatic nitrogens is 2. The Labute approximate surface area is 82.0 Å². The van der Waals surface area contributed by atoms with E-state index in [1.807, 2.05) is 6.92 Å². The van der Waals surface area contributed by atoms with Gasteiger partial charge in [0.2, 0.25) is 5.91 Å². The summed E-state index contributed by atoms with van der Waals surface area (Å²) in [7, 11) is 0. The fourth-order valence-electron chi connectivity index (χ4n) is 1.62. The summed E-state index contributed by atoms with van der Waals surface area (Å²) in [6.07, 6.45) is 3.53. The van der Waals surface area contributed by atoms with Gasteiger partial charge < -0.3 is 10.6 Å². The maximum absolute atomic E-state index is 11.5. The molecule has 74 valence electrons. The van der Waals surface area contributed by atoms with Gasteiger partial charge in [-0.05, 0) is 6.92 Å². The van der Waals surface area contributed by atoms with Crippen LogP contribution in [0, 0.1) is 6.92 Å². The quantitative estimate of drug-likeness (QED) is 0.671. The Kier molecular flexibility index (Phi) is 2.17. The molecule has 1 aliphatic rings. The van der Waals surface area contributed by atoms with E-state index in [1.165, 1.54) is 6.33 Å². The Morgan fingerprint density at radius 2 is 2.43 bits per heavy atom. The number of rotatable bonds is 1. The van der Waals surface area contributed by atoms with Crippen LogP contribution >= 0.6 is 0 Å². The molecule has 0 aliphatic carbocycles. The van der Waals surface area contributed by atoms with Crippen molar-refractivity contribution in [1.82, 2.24) is 9.97 Å². The van der Waals surface area contributed by atoms with Gasteiger partial charge in [0.1, 0.15) is 6.33 Å². The highest BCUT2D eigenvalue weighted by Crippen LogP contribution is 2.21. The highest BCUT2D eigenvalue weighted by Gasteiger charge is 2.29. The number of nitrogens with two attached hydrogens (primary N) is 1. The van der Waals surface area contributed by atoms with Gasteiger partial charge in [0.15, 0.2) is 0 Å². The number of carbonyl (C=O) groups is 1. The standard InChI is InChI=1S/C9H12N4O/c1-6-8(3-11-5-12-6)13-4-7(10)2-9(13)14/h3,5,7H,2,4,10H2,1H3. The Bertz CT molecular complexity index is 366. The number of hydrogen-bond donors (Lipinski definition) is 1. The lowest BCUT2D eigenvalue weighted by molar-refractivity contribution is -0.117. The van der Waals surface area contributed by atoms with E-state index in [9.17, 15) is 4.79 Å². The fourth-order valence-corrected chi connectivity index (χ4v) is 1.62. The van der Waals surface area contributed by atoms with E-state index in [1.54, 1.807) is 11.1 Å². The van der Waals surface area contributed by atoms with Crippen molar-refractivity contribution >= 4 is 11.6 Å². The maximum Gasteiger partial charge on any atom is 0.228 e. The molecule has 1 fully saturated rings. The molecule has 14 heavy (non-hydrogen) atoms. The van der Waals surface area contributed by atoms with Crippen LogP contribution in [-0.4, -0.2) is 28.5 Å². The first-order valence-corrected chi connectivity index (χ1v) is 4.51. The van der Waals surface area contributed by atoms with Crippen LogP contribution in [0.15, 0.2) is 12.5 Å². The number of carbonyl (C=O) groups excluding carboxylic acids is 1. The molecule has 1 atom stereocenters. The summed E-state index contributed by atoms with van der Waals surface area (Å²) < 4.78 is 0. The largest absolute Gasteiger partial charge is 0.326 e. The summed E-state index contributed by atoms with van der Waals surface area (Å²) in [5, 5.41) is 0. The van der Waals surface area contributed by atoms with Gasteiger partial charge >= 0.3 is 0 Å². The van der Waals surface area contributed by atoms with Crippen molar-refractivity contribution in [3.05, 3.63) is 18.2 Å². The molecular weight excluding hydrogens is 180 g/mol. The monoisotopic (exact) mass is 192 g/mol. The molecular formula is C9H12N4O. The van der Waals surface area contributed by atoms with Crippen molar-refractivity contribution in [3.8, 4) is 0 Å². The van der Waals surface area contributed by atoms with E-state index in [0.29, 0.717) is 13.0 Å². The molecule has 1 aliphatic heterocycles. The van der Waals surface area contributed by atoms with Crippen molar-refractivity contribution in [2.45, 2.75) is 19.4 Å². The zero-order chi connectivity index (χ0) is 10.1. The Balaban J connectivity index is 2.32. The second-order valence-electron chi connectivity index (χ2n) is 3.46. The number of anilines is 1. The average Bonchev–Trinajstić information content (AvgIpc) is 2.46. The summed E-state index contributed by atoms with van der Waals surface area (Å²) in [6, 6.07) is -0.0675. The van der Waals surface area contributed by atoms with Crippen LogP contribution in [-0.2, 0) is 4.79 Å². The van der Waals surface area contributed by atoms with Crippen LogP contribution in [0.3, 0.4) is 0 Å². The molecule has 5 nitrogen and oxygen atoms in total. The minimum absolute atomic E-state index is 0.0513. The number of aryl methyl sites for hydroxylation is 1. The Morgan fingerprint density at radius 1 is 1.64 bits per heavy atom. The molecule has 2 rings (SSSR count). The minimum atomic E-state index is -0.0675. The van der Waals surface area contributed by atoms with E-state index in [0.717, 1.165) is 11.4 Å². The van der Waals surface area contributed by atoms with Crippen LogP contribution in [0.25, 0.3) is 0 Å². The van der Waals surface area contributed by atoms with Crippen molar-refractivity contribution < 1.29 is 4.79 Å². The highest BCUT2D eigenvalue weighted by atomic mass is 16.2. The van der Waals surface area contributed by atoms with Crippen LogP contribution in [0.4, 0.5) is 5.69 Å². The van der Waals surface area contributed by atoms with Crippen LogP contribution in [0.1, 0.15) is 12.1 Å². The fraction of sp³-hybridized carbons (Fsp3) is 0.444. The zero-order valence-electron chi connectivity index (χ0n) is 7.97. The van der Waals surface area contributed by atoms with Crippen LogP contribution < -0.4 is 10.6 Å².